The van der Waals surface area contributed by atoms with Crippen LogP contribution in [0.15, 0.2) is 12.4 Å². The second-order valence-electron chi connectivity index (χ2n) is 3.87. The second-order valence-corrected chi connectivity index (χ2v) is 5.43. The van der Waals surface area contributed by atoms with Crippen LogP contribution in [0, 0.1) is 0 Å². The van der Waals surface area contributed by atoms with Crippen molar-refractivity contribution in [2.24, 2.45) is 5.84 Å². The Balaban J connectivity index is 2.56. The van der Waals surface area contributed by atoms with Crippen molar-refractivity contribution in [2.75, 3.05) is 17.4 Å². The van der Waals surface area contributed by atoms with E-state index in [2.05, 4.69) is 20.7 Å². The van der Waals surface area contributed by atoms with Crippen molar-refractivity contribution in [3.63, 3.8) is 0 Å². The Kier molecular flexibility index (Phi) is 5.66. The zero-order chi connectivity index (χ0) is 13.5. The summed E-state index contributed by atoms with van der Waals surface area (Å²) in [5.74, 6) is 5.74. The normalized spacial score (nSPS) is 13.7. The van der Waals surface area contributed by atoms with E-state index in [-0.39, 0.29) is 17.6 Å². The number of amides is 1. The molecule has 7 nitrogen and oxygen atoms in total. The van der Waals surface area contributed by atoms with Crippen LogP contribution in [0.2, 0.25) is 0 Å². The number of carbonyl (C=O) groups is 1. The first-order chi connectivity index (χ1) is 8.52. The van der Waals surface area contributed by atoms with E-state index >= 15 is 0 Å². The van der Waals surface area contributed by atoms with Crippen molar-refractivity contribution in [3.8, 4) is 0 Å². The van der Waals surface area contributed by atoms with Crippen molar-refractivity contribution in [2.45, 2.75) is 19.4 Å². The molecule has 1 amide bonds. The van der Waals surface area contributed by atoms with Gasteiger partial charge < -0.3 is 10.7 Å². The third kappa shape index (κ3) is 4.76. The molecule has 0 aliphatic rings. The van der Waals surface area contributed by atoms with Crippen LogP contribution in [0.1, 0.15) is 23.8 Å². The maximum Gasteiger partial charge on any atom is 0.271 e. The Morgan fingerprint density at radius 2 is 2.28 bits per heavy atom. The zero-order valence-electron chi connectivity index (χ0n) is 10.3. The minimum absolute atomic E-state index is 0.0716. The summed E-state index contributed by atoms with van der Waals surface area (Å²) < 4.78 is 10.9. The van der Waals surface area contributed by atoms with E-state index in [0.717, 1.165) is 0 Å². The smallest absolute Gasteiger partial charge is 0.271 e. The van der Waals surface area contributed by atoms with Crippen LogP contribution in [0.4, 0.5) is 5.82 Å². The number of rotatable bonds is 6. The van der Waals surface area contributed by atoms with Gasteiger partial charge in [-0.25, -0.2) is 10.8 Å². The summed E-state index contributed by atoms with van der Waals surface area (Å²) in [5.41, 5.74) is 2.51. The summed E-state index contributed by atoms with van der Waals surface area (Å²) in [6.07, 6.45) is 5.06. The molecule has 1 aromatic heterocycles. The molecule has 2 unspecified atom stereocenters. The molecule has 18 heavy (non-hydrogen) atoms. The fourth-order valence-electron chi connectivity index (χ4n) is 1.26. The lowest BCUT2D eigenvalue weighted by Crippen LogP contribution is -2.34. The van der Waals surface area contributed by atoms with Crippen molar-refractivity contribution < 1.29 is 9.00 Å². The van der Waals surface area contributed by atoms with Crippen LogP contribution in [-0.4, -0.2) is 38.1 Å². The molecular weight excluding hydrogens is 254 g/mol. The van der Waals surface area contributed by atoms with E-state index in [1.54, 1.807) is 6.26 Å². The molecule has 1 rings (SSSR count). The van der Waals surface area contributed by atoms with E-state index in [1.807, 2.05) is 6.92 Å². The highest BCUT2D eigenvalue weighted by molar-refractivity contribution is 7.84. The van der Waals surface area contributed by atoms with Gasteiger partial charge in [0.2, 0.25) is 0 Å². The predicted molar refractivity (Wildman–Crippen MR) is 70.3 cm³/mol. The van der Waals surface area contributed by atoms with Gasteiger partial charge in [0.15, 0.2) is 5.82 Å². The van der Waals surface area contributed by atoms with Gasteiger partial charge in [-0.05, 0) is 13.3 Å². The lowest BCUT2D eigenvalue weighted by molar-refractivity contribution is 0.0934. The largest absolute Gasteiger partial charge is 0.348 e. The summed E-state index contributed by atoms with van der Waals surface area (Å²) in [7, 11) is -0.856. The number of nitrogens with one attached hydrogen (secondary N) is 2. The Bertz CT molecular complexity index is 440. The first kappa shape index (κ1) is 14.5. The molecule has 0 spiro atoms. The van der Waals surface area contributed by atoms with Crippen LogP contribution >= 0.6 is 0 Å². The summed E-state index contributed by atoms with van der Waals surface area (Å²) in [6.45, 7) is 1.85. The van der Waals surface area contributed by atoms with Gasteiger partial charge in [0.1, 0.15) is 5.69 Å². The van der Waals surface area contributed by atoms with E-state index in [1.165, 1.54) is 12.4 Å². The summed E-state index contributed by atoms with van der Waals surface area (Å²) in [6, 6.07) is -0.0716. The number of hydrogen-bond donors (Lipinski definition) is 3. The van der Waals surface area contributed by atoms with Gasteiger partial charge in [0.25, 0.3) is 5.91 Å². The molecule has 1 aromatic rings. The Labute approximate surface area is 108 Å². The number of aromatic nitrogens is 2. The second kappa shape index (κ2) is 7.02. The number of carbonyl (C=O) groups excluding carboxylic acids is 1. The third-order valence-electron chi connectivity index (χ3n) is 2.23. The standard InChI is InChI=1S/C10H17N5O2S/c1-7(3-4-18(2)17)13-10(16)8-5-12-6-9(14-8)15-11/h5-7H,3-4,11H2,1-2H3,(H,13,16)(H,14,15). The lowest BCUT2D eigenvalue weighted by atomic mass is 10.2. The van der Waals surface area contributed by atoms with Gasteiger partial charge in [-0.3, -0.25) is 14.0 Å². The molecule has 0 saturated carbocycles. The zero-order valence-corrected chi connectivity index (χ0v) is 11.2. The topological polar surface area (TPSA) is 110 Å². The molecule has 0 bridgehead atoms. The number of anilines is 1. The van der Waals surface area contributed by atoms with Crippen LogP contribution in [0.25, 0.3) is 0 Å². The van der Waals surface area contributed by atoms with Crippen LogP contribution in [-0.2, 0) is 10.8 Å². The maximum absolute atomic E-state index is 11.8. The first-order valence-electron chi connectivity index (χ1n) is 5.42. The molecule has 0 aliphatic carbocycles. The van der Waals surface area contributed by atoms with Crippen LogP contribution in [0.3, 0.4) is 0 Å². The van der Waals surface area contributed by atoms with Gasteiger partial charge in [-0.2, -0.15) is 0 Å². The molecule has 4 N–H and O–H groups in total. The van der Waals surface area contributed by atoms with Gasteiger partial charge in [0.05, 0.1) is 12.4 Å². The molecular formula is C10H17N5O2S. The number of hydrazine groups is 1. The average Bonchev–Trinajstić information content (AvgIpc) is 2.36. The highest BCUT2D eigenvalue weighted by Gasteiger charge is 2.12. The molecule has 100 valence electrons. The maximum atomic E-state index is 11.8. The molecule has 0 aromatic carbocycles. The Morgan fingerprint density at radius 3 is 2.89 bits per heavy atom. The van der Waals surface area contributed by atoms with Crippen molar-refractivity contribution in [1.29, 1.82) is 0 Å². The molecule has 2 atom stereocenters. The van der Waals surface area contributed by atoms with E-state index in [0.29, 0.717) is 18.0 Å². The number of nitrogens with zero attached hydrogens (tertiary/aromatic N) is 2. The molecule has 1 heterocycles. The predicted octanol–water partition coefficient (Wildman–Crippen LogP) is -0.351. The number of nitrogens with two attached hydrogens (primary N) is 1. The van der Waals surface area contributed by atoms with Gasteiger partial charge >= 0.3 is 0 Å². The fraction of sp³-hybridized carbons (Fsp3) is 0.500. The average molecular weight is 271 g/mol. The highest BCUT2D eigenvalue weighted by atomic mass is 32.2. The lowest BCUT2D eigenvalue weighted by Gasteiger charge is -2.12. The molecule has 0 fully saturated rings. The number of nitrogen functional groups attached to an aromatic ring is 1. The van der Waals surface area contributed by atoms with E-state index < -0.39 is 10.8 Å². The Morgan fingerprint density at radius 1 is 1.56 bits per heavy atom. The monoisotopic (exact) mass is 271 g/mol. The molecule has 0 saturated heterocycles. The van der Waals surface area contributed by atoms with Crippen molar-refractivity contribution in [1.82, 2.24) is 15.3 Å². The van der Waals surface area contributed by atoms with Crippen LogP contribution < -0.4 is 16.6 Å². The molecule has 8 heteroatoms. The van der Waals surface area contributed by atoms with E-state index in [4.69, 9.17) is 5.84 Å². The first-order valence-corrected chi connectivity index (χ1v) is 7.15. The van der Waals surface area contributed by atoms with Gasteiger partial charge in [-0.1, -0.05) is 0 Å². The summed E-state index contributed by atoms with van der Waals surface area (Å²) >= 11 is 0. The fourth-order valence-corrected chi connectivity index (χ4v) is 1.94. The van der Waals surface area contributed by atoms with Gasteiger partial charge in [0, 0.05) is 28.9 Å². The SMILES string of the molecule is CC(CCS(C)=O)NC(=O)c1cncc(NN)n1. The Hall–Kier alpha value is -1.54. The van der Waals surface area contributed by atoms with Gasteiger partial charge in [-0.15, -0.1) is 0 Å². The summed E-state index contributed by atoms with van der Waals surface area (Å²) in [5, 5.41) is 2.76. The van der Waals surface area contributed by atoms with Crippen molar-refractivity contribution >= 4 is 22.5 Å². The molecule has 0 radical (unpaired) electrons. The highest BCUT2D eigenvalue weighted by Crippen LogP contribution is 2.01. The minimum Gasteiger partial charge on any atom is -0.348 e. The van der Waals surface area contributed by atoms with Crippen molar-refractivity contribution in [3.05, 3.63) is 18.1 Å². The van der Waals surface area contributed by atoms with E-state index in [9.17, 15) is 9.00 Å². The third-order valence-corrected chi connectivity index (χ3v) is 3.04. The minimum atomic E-state index is -0.856. The quantitative estimate of drug-likeness (QED) is 0.482. The number of hydrogen-bond acceptors (Lipinski definition) is 6. The summed E-state index contributed by atoms with van der Waals surface area (Å²) in [4.78, 5) is 19.6. The van der Waals surface area contributed by atoms with Crippen LogP contribution in [0.5, 0.6) is 0 Å². The molecule has 0 aliphatic heterocycles.